The predicted octanol–water partition coefficient (Wildman–Crippen LogP) is 3.44. The van der Waals surface area contributed by atoms with E-state index in [0.717, 1.165) is 10.6 Å². The number of nitrogens with zero attached hydrogens (tertiary/aromatic N) is 2. The molecule has 0 saturated heterocycles. The van der Waals surface area contributed by atoms with Crippen molar-refractivity contribution in [3.63, 3.8) is 0 Å². The summed E-state index contributed by atoms with van der Waals surface area (Å²) in [5.41, 5.74) is 1.04. The third-order valence-electron chi connectivity index (χ3n) is 1.71. The molecule has 14 heavy (non-hydrogen) atoms. The summed E-state index contributed by atoms with van der Waals surface area (Å²) in [6.45, 7) is 0. The minimum Gasteiger partial charge on any atom is -0.228 e. The van der Waals surface area contributed by atoms with E-state index in [0.29, 0.717) is 9.48 Å². The molecule has 2 aromatic rings. The molecular formula is C10H5BrN2S. The number of benzene rings is 1. The Hall–Kier alpha value is -1.18. The molecule has 0 fully saturated rings. The van der Waals surface area contributed by atoms with Crippen LogP contribution in [-0.2, 0) is 0 Å². The Balaban J connectivity index is 2.50. The maximum atomic E-state index is 8.77. The number of hydrogen-bond donors (Lipinski definition) is 0. The minimum absolute atomic E-state index is 0.615. The molecule has 0 saturated carbocycles. The Morgan fingerprint density at radius 3 is 2.57 bits per heavy atom. The Morgan fingerprint density at radius 2 is 2.00 bits per heavy atom. The maximum absolute atomic E-state index is 8.77. The van der Waals surface area contributed by atoms with Crippen molar-refractivity contribution in [1.82, 2.24) is 4.98 Å². The van der Waals surface area contributed by atoms with Gasteiger partial charge in [0.2, 0.25) is 0 Å². The van der Waals surface area contributed by atoms with E-state index < -0.39 is 0 Å². The zero-order chi connectivity index (χ0) is 9.97. The second kappa shape index (κ2) is 3.91. The van der Waals surface area contributed by atoms with Crippen LogP contribution >= 0.6 is 27.3 Å². The van der Waals surface area contributed by atoms with Crippen LogP contribution in [0.2, 0.25) is 0 Å². The minimum atomic E-state index is 0.615. The first kappa shape index (κ1) is 9.38. The molecule has 2 nitrogen and oxygen atoms in total. The summed E-state index contributed by atoms with van der Waals surface area (Å²) < 4.78 is 0.629. The van der Waals surface area contributed by atoms with Crippen LogP contribution in [0.1, 0.15) is 4.88 Å². The van der Waals surface area contributed by atoms with Gasteiger partial charge in [-0.25, -0.2) is 4.98 Å². The van der Waals surface area contributed by atoms with Gasteiger partial charge in [0.05, 0.1) is 0 Å². The molecule has 0 aliphatic heterocycles. The number of thiazole rings is 1. The first-order chi connectivity index (χ1) is 6.81. The highest BCUT2D eigenvalue weighted by molar-refractivity contribution is 9.10. The van der Waals surface area contributed by atoms with E-state index in [1.165, 1.54) is 11.3 Å². The zero-order valence-corrected chi connectivity index (χ0v) is 9.47. The van der Waals surface area contributed by atoms with Crippen LogP contribution in [0.4, 0.5) is 0 Å². The molecular weight excluding hydrogens is 260 g/mol. The van der Waals surface area contributed by atoms with Crippen molar-refractivity contribution < 1.29 is 0 Å². The average molecular weight is 265 g/mol. The molecule has 2 rings (SSSR count). The van der Waals surface area contributed by atoms with Crippen LogP contribution < -0.4 is 0 Å². The highest BCUT2D eigenvalue weighted by Gasteiger charge is 2.08. The summed E-state index contributed by atoms with van der Waals surface area (Å²) >= 11 is 4.64. The largest absolute Gasteiger partial charge is 0.228 e. The molecule has 0 bridgehead atoms. The van der Waals surface area contributed by atoms with E-state index in [1.807, 2.05) is 30.3 Å². The summed E-state index contributed by atoms with van der Waals surface area (Å²) in [6.07, 6.45) is 0. The third-order valence-corrected chi connectivity index (χ3v) is 3.55. The van der Waals surface area contributed by atoms with Crippen LogP contribution in [0, 0.1) is 11.3 Å². The summed E-state index contributed by atoms with van der Waals surface area (Å²) in [5.74, 6) is 0. The normalized spacial score (nSPS) is 9.71. The molecule has 0 aliphatic carbocycles. The molecule has 0 atom stereocenters. The topological polar surface area (TPSA) is 36.7 Å². The smallest absolute Gasteiger partial charge is 0.139 e. The predicted molar refractivity (Wildman–Crippen MR) is 60.0 cm³/mol. The lowest BCUT2D eigenvalue weighted by Gasteiger charge is -1.92. The molecule has 1 aromatic carbocycles. The van der Waals surface area contributed by atoms with Crippen molar-refractivity contribution in [1.29, 1.82) is 5.26 Å². The lowest BCUT2D eigenvalue weighted by atomic mass is 10.2. The summed E-state index contributed by atoms with van der Waals surface area (Å²) in [5, 5.41) is 9.64. The molecule has 0 aliphatic rings. The monoisotopic (exact) mass is 264 g/mol. The fourth-order valence-corrected chi connectivity index (χ4v) is 2.46. The highest BCUT2D eigenvalue weighted by atomic mass is 79.9. The Bertz CT molecular complexity index is 485. The van der Waals surface area contributed by atoms with Crippen LogP contribution in [0.25, 0.3) is 10.6 Å². The highest BCUT2D eigenvalue weighted by Crippen LogP contribution is 2.29. The van der Waals surface area contributed by atoms with Crippen molar-refractivity contribution in [2.45, 2.75) is 0 Å². The van der Waals surface area contributed by atoms with Gasteiger partial charge >= 0.3 is 0 Å². The SMILES string of the molecule is N#Cc1sc(-c2ccccc2)nc1Br. The number of halogens is 1. The van der Waals surface area contributed by atoms with Gasteiger partial charge in [0.25, 0.3) is 0 Å². The van der Waals surface area contributed by atoms with E-state index in [4.69, 9.17) is 5.26 Å². The van der Waals surface area contributed by atoms with E-state index >= 15 is 0 Å². The van der Waals surface area contributed by atoms with Crippen LogP contribution in [-0.4, -0.2) is 4.98 Å². The van der Waals surface area contributed by atoms with Crippen LogP contribution in [0.15, 0.2) is 34.9 Å². The summed E-state index contributed by atoms with van der Waals surface area (Å²) in [4.78, 5) is 4.88. The standard InChI is InChI=1S/C10H5BrN2S/c11-9-8(6-12)14-10(13-9)7-4-2-1-3-5-7/h1-5H. The van der Waals surface area contributed by atoms with Crippen molar-refractivity contribution in [3.8, 4) is 16.6 Å². The van der Waals surface area contributed by atoms with E-state index in [1.54, 1.807) is 0 Å². The van der Waals surface area contributed by atoms with Crippen molar-refractivity contribution in [2.24, 2.45) is 0 Å². The van der Waals surface area contributed by atoms with Gasteiger partial charge in [-0.3, -0.25) is 0 Å². The number of rotatable bonds is 1. The first-order valence-corrected chi connectivity index (χ1v) is 5.54. The molecule has 0 unspecified atom stereocenters. The quantitative estimate of drug-likeness (QED) is 0.791. The summed E-state index contributed by atoms with van der Waals surface area (Å²) in [7, 11) is 0. The van der Waals surface area contributed by atoms with Gasteiger partial charge < -0.3 is 0 Å². The maximum Gasteiger partial charge on any atom is 0.139 e. The summed E-state index contributed by atoms with van der Waals surface area (Å²) in [6, 6.07) is 11.9. The fourth-order valence-electron chi connectivity index (χ4n) is 1.07. The molecule has 1 heterocycles. The molecule has 4 heteroatoms. The van der Waals surface area contributed by atoms with Crippen molar-refractivity contribution >= 4 is 27.3 Å². The van der Waals surface area contributed by atoms with Crippen molar-refractivity contribution in [3.05, 3.63) is 39.8 Å². The molecule has 0 radical (unpaired) electrons. The van der Waals surface area contributed by atoms with Gasteiger partial charge in [0, 0.05) is 5.56 Å². The lowest BCUT2D eigenvalue weighted by molar-refractivity contribution is 1.34. The molecule has 68 valence electrons. The Kier molecular flexibility index (Phi) is 2.62. The van der Waals surface area contributed by atoms with E-state index in [2.05, 4.69) is 27.0 Å². The van der Waals surface area contributed by atoms with Gasteiger partial charge in [-0.1, -0.05) is 30.3 Å². The first-order valence-electron chi connectivity index (χ1n) is 3.93. The van der Waals surface area contributed by atoms with Crippen LogP contribution in [0.5, 0.6) is 0 Å². The van der Waals surface area contributed by atoms with Gasteiger partial charge in [-0.2, -0.15) is 5.26 Å². The molecule has 0 spiro atoms. The van der Waals surface area contributed by atoms with Gasteiger partial charge in [0.1, 0.15) is 20.6 Å². The number of nitriles is 1. The molecule has 0 amide bonds. The number of aromatic nitrogens is 1. The van der Waals surface area contributed by atoms with Gasteiger partial charge in [0.15, 0.2) is 0 Å². The fraction of sp³-hybridized carbons (Fsp3) is 0. The third kappa shape index (κ3) is 1.69. The zero-order valence-electron chi connectivity index (χ0n) is 7.07. The molecule has 1 aromatic heterocycles. The average Bonchev–Trinajstić information content (AvgIpc) is 2.61. The molecule has 0 N–H and O–H groups in total. The van der Waals surface area contributed by atoms with Gasteiger partial charge in [-0.05, 0) is 15.9 Å². The second-order valence-corrected chi connectivity index (χ2v) is 4.37. The lowest BCUT2D eigenvalue weighted by Crippen LogP contribution is -1.73. The Morgan fingerprint density at radius 1 is 1.29 bits per heavy atom. The number of hydrogen-bond acceptors (Lipinski definition) is 3. The van der Waals surface area contributed by atoms with Gasteiger partial charge in [-0.15, -0.1) is 11.3 Å². The second-order valence-electron chi connectivity index (χ2n) is 2.62. The van der Waals surface area contributed by atoms with E-state index in [-0.39, 0.29) is 0 Å². The van der Waals surface area contributed by atoms with Crippen LogP contribution in [0.3, 0.4) is 0 Å². The van der Waals surface area contributed by atoms with E-state index in [9.17, 15) is 0 Å². The Labute approximate surface area is 94.0 Å². The van der Waals surface area contributed by atoms with Crippen molar-refractivity contribution in [2.75, 3.05) is 0 Å².